The molecule has 1 aliphatic rings. The number of aromatic amines is 1. The molecule has 10 heteroatoms. The van der Waals surface area contributed by atoms with Gasteiger partial charge in [0.25, 0.3) is 0 Å². The zero-order chi connectivity index (χ0) is 26.6. The van der Waals surface area contributed by atoms with Gasteiger partial charge in [-0.3, -0.25) is 14.7 Å². The minimum Gasteiger partial charge on any atom is -0.469 e. The SMILES string of the molecule is C=CC(=O)Nc1ccc(-c2nc(Nc3cc(C)[nH]n3)c3ccc(N4CCC(C(=O)OC)CC4)cc3n2)cc1. The molecule has 0 atom stereocenters. The molecule has 1 amide bonds. The summed E-state index contributed by atoms with van der Waals surface area (Å²) in [4.78, 5) is 35.5. The molecule has 4 aromatic rings. The second-order valence-electron chi connectivity index (χ2n) is 9.21. The molecular formula is C28H29N7O3. The summed E-state index contributed by atoms with van der Waals surface area (Å²) >= 11 is 0. The van der Waals surface area contributed by atoms with Crippen LogP contribution in [0.1, 0.15) is 18.5 Å². The Kier molecular flexibility index (Phi) is 7.03. The molecule has 2 aromatic carbocycles. The van der Waals surface area contributed by atoms with Gasteiger partial charge in [-0.2, -0.15) is 5.10 Å². The lowest BCUT2D eigenvalue weighted by Crippen LogP contribution is -2.36. The molecule has 2 aromatic heterocycles. The van der Waals surface area contributed by atoms with Crippen molar-refractivity contribution in [1.82, 2.24) is 20.2 Å². The summed E-state index contributed by atoms with van der Waals surface area (Å²) in [6.45, 7) is 6.94. The number of amides is 1. The average molecular weight is 512 g/mol. The fourth-order valence-electron chi connectivity index (χ4n) is 4.58. The number of rotatable bonds is 7. The summed E-state index contributed by atoms with van der Waals surface area (Å²) in [6, 6.07) is 15.4. The number of nitrogens with one attached hydrogen (secondary N) is 3. The number of hydrogen-bond acceptors (Lipinski definition) is 8. The molecule has 194 valence electrons. The third-order valence-electron chi connectivity index (χ3n) is 6.62. The minimum atomic E-state index is -0.274. The lowest BCUT2D eigenvalue weighted by Gasteiger charge is -2.32. The maximum absolute atomic E-state index is 11.9. The fourth-order valence-corrected chi connectivity index (χ4v) is 4.58. The standard InChI is InChI=1S/C28H29N7O3/c1-4-25(36)29-20-7-5-18(6-8-20)26-30-23-16-21(35-13-11-19(12-14-35)28(37)38-3)9-10-22(23)27(32-26)31-24-15-17(2)33-34-24/h4-10,15-16,19H,1,11-14H2,2-3H3,(H,29,36)(H2,30,31,32,33,34). The highest BCUT2D eigenvalue weighted by Crippen LogP contribution is 2.32. The first-order valence-corrected chi connectivity index (χ1v) is 12.4. The van der Waals surface area contributed by atoms with Crippen molar-refractivity contribution in [1.29, 1.82) is 0 Å². The Bertz CT molecular complexity index is 1490. The number of anilines is 4. The number of hydrogen-bond donors (Lipinski definition) is 3. The summed E-state index contributed by atoms with van der Waals surface area (Å²) in [5.74, 6) is 1.36. The topological polar surface area (TPSA) is 125 Å². The monoisotopic (exact) mass is 511 g/mol. The number of H-pyrrole nitrogens is 1. The Morgan fingerprint density at radius 1 is 1.11 bits per heavy atom. The molecule has 0 saturated carbocycles. The molecule has 0 spiro atoms. The fraction of sp³-hybridized carbons (Fsp3) is 0.250. The Morgan fingerprint density at radius 3 is 2.53 bits per heavy atom. The quantitative estimate of drug-likeness (QED) is 0.243. The van der Waals surface area contributed by atoms with Crippen molar-refractivity contribution in [3.8, 4) is 11.4 Å². The van der Waals surface area contributed by atoms with E-state index >= 15 is 0 Å². The first kappa shape index (κ1) is 24.9. The predicted molar refractivity (Wildman–Crippen MR) is 147 cm³/mol. The highest BCUT2D eigenvalue weighted by Gasteiger charge is 2.26. The van der Waals surface area contributed by atoms with Crippen LogP contribution >= 0.6 is 0 Å². The molecule has 1 aliphatic heterocycles. The van der Waals surface area contributed by atoms with Gasteiger partial charge in [0.05, 0.1) is 18.5 Å². The van der Waals surface area contributed by atoms with Crippen molar-refractivity contribution in [3.05, 3.63) is 66.9 Å². The number of fused-ring (bicyclic) bond motifs is 1. The van der Waals surface area contributed by atoms with Gasteiger partial charge in [-0.25, -0.2) is 9.97 Å². The molecule has 5 rings (SSSR count). The van der Waals surface area contributed by atoms with Crippen molar-refractivity contribution in [3.63, 3.8) is 0 Å². The lowest BCUT2D eigenvalue weighted by molar-refractivity contribution is -0.146. The van der Waals surface area contributed by atoms with Crippen molar-refractivity contribution < 1.29 is 14.3 Å². The van der Waals surface area contributed by atoms with Crippen LogP contribution in [-0.4, -0.2) is 52.2 Å². The maximum atomic E-state index is 11.9. The van der Waals surface area contributed by atoms with E-state index in [-0.39, 0.29) is 17.8 Å². The van der Waals surface area contributed by atoms with Gasteiger partial charge < -0.3 is 20.3 Å². The second kappa shape index (κ2) is 10.7. The molecule has 0 unspecified atom stereocenters. The lowest BCUT2D eigenvalue weighted by atomic mass is 9.96. The minimum absolute atomic E-state index is 0.0574. The molecule has 1 saturated heterocycles. The smallest absolute Gasteiger partial charge is 0.308 e. The van der Waals surface area contributed by atoms with E-state index in [1.165, 1.54) is 13.2 Å². The maximum Gasteiger partial charge on any atom is 0.308 e. The highest BCUT2D eigenvalue weighted by atomic mass is 16.5. The van der Waals surface area contributed by atoms with Crippen molar-refractivity contribution in [2.24, 2.45) is 5.92 Å². The van der Waals surface area contributed by atoms with E-state index in [0.717, 1.165) is 53.8 Å². The van der Waals surface area contributed by atoms with Gasteiger partial charge in [0.1, 0.15) is 5.82 Å². The zero-order valence-corrected chi connectivity index (χ0v) is 21.3. The molecule has 10 nitrogen and oxygen atoms in total. The average Bonchev–Trinajstić information content (AvgIpc) is 3.36. The Hall–Kier alpha value is -4.73. The van der Waals surface area contributed by atoms with Gasteiger partial charge in [-0.05, 0) is 68.3 Å². The van der Waals surface area contributed by atoms with Gasteiger partial charge >= 0.3 is 5.97 Å². The number of aromatic nitrogens is 4. The molecule has 0 bridgehead atoms. The van der Waals surface area contributed by atoms with E-state index in [1.54, 1.807) is 12.1 Å². The number of methoxy groups -OCH3 is 1. The molecule has 38 heavy (non-hydrogen) atoms. The first-order valence-electron chi connectivity index (χ1n) is 12.4. The summed E-state index contributed by atoms with van der Waals surface area (Å²) in [6.07, 6.45) is 2.73. The van der Waals surface area contributed by atoms with Crippen molar-refractivity contribution >= 4 is 45.8 Å². The van der Waals surface area contributed by atoms with E-state index in [2.05, 4.69) is 44.4 Å². The van der Waals surface area contributed by atoms with Gasteiger partial charge in [0.2, 0.25) is 5.91 Å². The summed E-state index contributed by atoms with van der Waals surface area (Å²) in [5, 5.41) is 14.2. The van der Waals surface area contributed by atoms with Crippen LogP contribution in [-0.2, 0) is 14.3 Å². The summed E-state index contributed by atoms with van der Waals surface area (Å²) in [5.41, 5.74) is 4.20. The van der Waals surface area contributed by atoms with Crippen LogP contribution < -0.4 is 15.5 Å². The zero-order valence-electron chi connectivity index (χ0n) is 21.3. The van der Waals surface area contributed by atoms with Gasteiger partial charge in [-0.1, -0.05) is 6.58 Å². The normalized spacial score (nSPS) is 13.8. The van der Waals surface area contributed by atoms with Gasteiger partial charge in [-0.15, -0.1) is 0 Å². The van der Waals surface area contributed by atoms with E-state index in [4.69, 9.17) is 14.7 Å². The van der Waals surface area contributed by atoms with Crippen molar-refractivity contribution in [2.45, 2.75) is 19.8 Å². The molecular weight excluding hydrogens is 482 g/mol. The van der Waals surface area contributed by atoms with Crippen LogP contribution in [0.15, 0.2) is 61.2 Å². The van der Waals surface area contributed by atoms with Gasteiger partial charge in [0, 0.05) is 47.2 Å². The first-order chi connectivity index (χ1) is 18.4. The Morgan fingerprint density at radius 2 is 1.87 bits per heavy atom. The van der Waals surface area contributed by atoms with E-state index < -0.39 is 0 Å². The molecule has 3 heterocycles. The number of aryl methyl sites for hydroxylation is 1. The van der Waals surface area contributed by atoms with Crippen LogP contribution in [0.5, 0.6) is 0 Å². The summed E-state index contributed by atoms with van der Waals surface area (Å²) in [7, 11) is 1.44. The number of carbonyl (C=O) groups is 2. The van der Waals surface area contributed by atoms with Crippen LogP contribution in [0, 0.1) is 12.8 Å². The molecule has 0 aliphatic carbocycles. The third-order valence-corrected chi connectivity index (χ3v) is 6.62. The van der Waals surface area contributed by atoms with E-state index in [0.29, 0.717) is 23.1 Å². The van der Waals surface area contributed by atoms with Crippen LogP contribution in [0.4, 0.5) is 23.0 Å². The Labute approximate surface area is 220 Å². The molecule has 1 fully saturated rings. The van der Waals surface area contributed by atoms with Crippen LogP contribution in [0.3, 0.4) is 0 Å². The number of nitrogens with zero attached hydrogens (tertiary/aromatic N) is 4. The van der Waals surface area contributed by atoms with Crippen molar-refractivity contribution in [2.75, 3.05) is 35.7 Å². The second-order valence-corrected chi connectivity index (χ2v) is 9.21. The molecule has 0 radical (unpaired) electrons. The molecule has 3 N–H and O–H groups in total. The Balaban J connectivity index is 1.49. The van der Waals surface area contributed by atoms with Crippen LogP contribution in [0.2, 0.25) is 0 Å². The third kappa shape index (κ3) is 5.34. The van der Waals surface area contributed by atoms with Crippen LogP contribution in [0.25, 0.3) is 22.3 Å². The number of esters is 1. The van der Waals surface area contributed by atoms with Gasteiger partial charge in [0.15, 0.2) is 11.6 Å². The summed E-state index contributed by atoms with van der Waals surface area (Å²) < 4.78 is 4.93. The number of piperidine rings is 1. The number of carbonyl (C=O) groups excluding carboxylic acids is 2. The number of ether oxygens (including phenoxy) is 1. The largest absolute Gasteiger partial charge is 0.469 e. The predicted octanol–water partition coefficient (Wildman–Crippen LogP) is 4.59. The van der Waals surface area contributed by atoms with E-state index in [1.807, 2.05) is 31.2 Å². The van der Waals surface area contributed by atoms with E-state index in [9.17, 15) is 9.59 Å². The highest BCUT2D eigenvalue weighted by molar-refractivity contribution is 5.99. The number of benzene rings is 2.